The molecular formula is C8H9N5O. The van der Waals surface area contributed by atoms with Gasteiger partial charge in [0.05, 0.1) is 0 Å². The zero-order valence-corrected chi connectivity index (χ0v) is 7.32. The molecule has 14 heavy (non-hydrogen) atoms. The second-order valence-electron chi connectivity index (χ2n) is 2.74. The molecule has 6 heteroatoms. The number of H-pyrrole nitrogens is 2. The lowest BCUT2D eigenvalue weighted by Crippen LogP contribution is -2.23. The minimum atomic E-state index is -0.260. The molecule has 2 heterocycles. The molecule has 1 amide bonds. The Labute approximate surface area is 79.8 Å². The molecule has 0 aromatic carbocycles. The van der Waals surface area contributed by atoms with Gasteiger partial charge in [0.15, 0.2) is 0 Å². The van der Waals surface area contributed by atoms with Crippen LogP contribution in [0.25, 0.3) is 0 Å². The van der Waals surface area contributed by atoms with Crippen molar-refractivity contribution in [2.24, 2.45) is 0 Å². The zero-order valence-electron chi connectivity index (χ0n) is 7.32. The van der Waals surface area contributed by atoms with E-state index in [0.29, 0.717) is 6.54 Å². The third kappa shape index (κ3) is 1.79. The summed E-state index contributed by atoms with van der Waals surface area (Å²) >= 11 is 0. The summed E-state index contributed by atoms with van der Waals surface area (Å²) in [6.07, 6.45) is 4.92. The van der Waals surface area contributed by atoms with Gasteiger partial charge in [-0.15, -0.1) is 0 Å². The van der Waals surface area contributed by atoms with Crippen LogP contribution in [0.2, 0.25) is 0 Å². The van der Waals surface area contributed by atoms with Crippen LogP contribution >= 0.6 is 0 Å². The van der Waals surface area contributed by atoms with Gasteiger partial charge in [0.2, 0.25) is 5.82 Å². The van der Waals surface area contributed by atoms with E-state index in [1.807, 2.05) is 12.3 Å². The van der Waals surface area contributed by atoms with Crippen molar-refractivity contribution in [3.8, 4) is 0 Å². The fourth-order valence-electron chi connectivity index (χ4n) is 1.05. The minimum absolute atomic E-state index is 0.223. The van der Waals surface area contributed by atoms with E-state index in [1.165, 1.54) is 6.33 Å². The number of nitrogens with one attached hydrogen (secondary N) is 3. The predicted molar refractivity (Wildman–Crippen MR) is 48.3 cm³/mol. The summed E-state index contributed by atoms with van der Waals surface area (Å²) in [7, 11) is 0. The van der Waals surface area contributed by atoms with Crippen LogP contribution in [0.5, 0.6) is 0 Å². The highest BCUT2D eigenvalue weighted by molar-refractivity contribution is 5.90. The summed E-state index contributed by atoms with van der Waals surface area (Å²) in [5.41, 5.74) is 1.01. The lowest BCUT2D eigenvalue weighted by Gasteiger charge is -1.99. The fourth-order valence-corrected chi connectivity index (χ4v) is 1.05. The molecule has 2 aromatic heterocycles. The van der Waals surface area contributed by atoms with Crippen molar-refractivity contribution in [3.63, 3.8) is 0 Å². The van der Waals surface area contributed by atoms with Crippen molar-refractivity contribution in [1.29, 1.82) is 0 Å². The zero-order chi connectivity index (χ0) is 9.80. The number of carbonyl (C=O) groups excluding carboxylic acids is 1. The van der Waals surface area contributed by atoms with Crippen LogP contribution in [-0.4, -0.2) is 26.1 Å². The molecule has 0 spiro atoms. The van der Waals surface area contributed by atoms with Gasteiger partial charge < -0.3 is 10.3 Å². The van der Waals surface area contributed by atoms with Crippen molar-refractivity contribution in [3.05, 3.63) is 36.2 Å². The maximum Gasteiger partial charge on any atom is 0.288 e. The first-order valence-corrected chi connectivity index (χ1v) is 4.11. The van der Waals surface area contributed by atoms with E-state index in [9.17, 15) is 4.79 Å². The smallest absolute Gasteiger partial charge is 0.288 e. The van der Waals surface area contributed by atoms with Crippen molar-refractivity contribution < 1.29 is 4.79 Å². The number of carbonyl (C=O) groups is 1. The molecule has 0 aliphatic carbocycles. The summed E-state index contributed by atoms with van der Waals surface area (Å²) in [6, 6.07) is 1.89. The molecule has 2 rings (SSSR count). The average Bonchev–Trinajstić information content (AvgIpc) is 2.87. The predicted octanol–water partition coefficient (Wildman–Crippen LogP) is 0.0628. The normalized spacial score (nSPS) is 10.0. The van der Waals surface area contributed by atoms with E-state index in [4.69, 9.17) is 0 Å². The van der Waals surface area contributed by atoms with E-state index >= 15 is 0 Å². The molecule has 0 saturated carbocycles. The molecular weight excluding hydrogens is 182 g/mol. The van der Waals surface area contributed by atoms with Gasteiger partial charge in [0.1, 0.15) is 6.33 Å². The maximum atomic E-state index is 11.3. The van der Waals surface area contributed by atoms with Crippen molar-refractivity contribution in [2.45, 2.75) is 6.54 Å². The van der Waals surface area contributed by atoms with E-state index in [0.717, 1.165) is 5.56 Å². The second kappa shape index (κ2) is 3.73. The van der Waals surface area contributed by atoms with Crippen LogP contribution in [0.3, 0.4) is 0 Å². The number of aromatic amines is 2. The highest BCUT2D eigenvalue weighted by Gasteiger charge is 2.07. The Morgan fingerprint density at radius 2 is 2.50 bits per heavy atom. The average molecular weight is 191 g/mol. The molecule has 3 N–H and O–H groups in total. The first-order chi connectivity index (χ1) is 6.86. The number of aromatic nitrogens is 4. The largest absolute Gasteiger partial charge is 0.367 e. The Balaban J connectivity index is 1.90. The lowest BCUT2D eigenvalue weighted by molar-refractivity contribution is 0.0941. The first-order valence-electron chi connectivity index (χ1n) is 4.11. The molecule has 2 aromatic rings. The molecule has 0 fully saturated rings. The molecule has 0 unspecified atom stereocenters. The van der Waals surface area contributed by atoms with Gasteiger partial charge in [-0.05, 0) is 11.6 Å². The lowest BCUT2D eigenvalue weighted by atomic mass is 10.3. The number of hydrogen-bond acceptors (Lipinski definition) is 3. The van der Waals surface area contributed by atoms with Gasteiger partial charge in [-0.25, -0.2) is 4.98 Å². The van der Waals surface area contributed by atoms with Gasteiger partial charge in [0, 0.05) is 18.9 Å². The highest BCUT2D eigenvalue weighted by atomic mass is 16.2. The van der Waals surface area contributed by atoms with Crippen LogP contribution in [0.15, 0.2) is 24.8 Å². The Morgan fingerprint density at radius 3 is 3.14 bits per heavy atom. The van der Waals surface area contributed by atoms with Crippen LogP contribution in [0.1, 0.15) is 16.2 Å². The van der Waals surface area contributed by atoms with E-state index in [2.05, 4.69) is 25.5 Å². The number of amides is 1. The molecule has 6 nitrogen and oxygen atoms in total. The Hall–Kier alpha value is -2.11. The van der Waals surface area contributed by atoms with Gasteiger partial charge in [-0.2, -0.15) is 5.10 Å². The number of hydrogen-bond donors (Lipinski definition) is 3. The van der Waals surface area contributed by atoms with E-state index in [1.54, 1.807) is 6.20 Å². The summed E-state index contributed by atoms with van der Waals surface area (Å²) in [4.78, 5) is 18.0. The topological polar surface area (TPSA) is 86.5 Å². The quantitative estimate of drug-likeness (QED) is 0.641. The SMILES string of the molecule is O=C(NCc1cc[nH]c1)c1ncn[nH]1. The van der Waals surface area contributed by atoms with Crippen molar-refractivity contribution >= 4 is 5.91 Å². The molecule has 0 bridgehead atoms. The fraction of sp³-hybridized carbons (Fsp3) is 0.125. The van der Waals surface area contributed by atoms with Gasteiger partial charge >= 0.3 is 0 Å². The van der Waals surface area contributed by atoms with Crippen molar-refractivity contribution in [1.82, 2.24) is 25.5 Å². The molecule has 0 radical (unpaired) electrons. The third-order valence-electron chi connectivity index (χ3n) is 1.75. The van der Waals surface area contributed by atoms with Crippen molar-refractivity contribution in [2.75, 3.05) is 0 Å². The Morgan fingerprint density at radius 1 is 1.57 bits per heavy atom. The van der Waals surface area contributed by atoms with Crippen LogP contribution in [0, 0.1) is 0 Å². The first kappa shape index (κ1) is 8.49. The van der Waals surface area contributed by atoms with Gasteiger partial charge in [-0.1, -0.05) is 0 Å². The van der Waals surface area contributed by atoms with Gasteiger partial charge in [0.25, 0.3) is 5.91 Å². The molecule has 0 aliphatic heterocycles. The Kier molecular flexibility index (Phi) is 2.26. The third-order valence-corrected chi connectivity index (χ3v) is 1.75. The summed E-state index contributed by atoms with van der Waals surface area (Å²) < 4.78 is 0. The standard InChI is InChI=1S/C8H9N5O/c14-8(7-11-5-12-13-7)10-4-6-1-2-9-3-6/h1-3,5,9H,4H2,(H,10,14)(H,11,12,13). The van der Waals surface area contributed by atoms with Crippen LogP contribution < -0.4 is 5.32 Å². The summed E-state index contributed by atoms with van der Waals surface area (Å²) in [5.74, 6) is -0.0377. The number of rotatable bonds is 3. The number of nitrogens with zero attached hydrogens (tertiary/aromatic N) is 2. The van der Waals surface area contributed by atoms with E-state index < -0.39 is 0 Å². The van der Waals surface area contributed by atoms with Crippen LogP contribution in [0.4, 0.5) is 0 Å². The monoisotopic (exact) mass is 191 g/mol. The second-order valence-corrected chi connectivity index (χ2v) is 2.74. The van der Waals surface area contributed by atoms with E-state index in [-0.39, 0.29) is 11.7 Å². The molecule has 0 atom stereocenters. The Bertz CT molecular complexity index is 391. The molecule has 0 saturated heterocycles. The van der Waals surface area contributed by atoms with Gasteiger partial charge in [-0.3, -0.25) is 9.89 Å². The maximum absolute atomic E-state index is 11.3. The highest BCUT2D eigenvalue weighted by Crippen LogP contribution is 1.95. The molecule has 0 aliphatic rings. The summed E-state index contributed by atoms with van der Waals surface area (Å²) in [5, 5.41) is 8.77. The van der Waals surface area contributed by atoms with Crippen LogP contribution in [-0.2, 0) is 6.54 Å². The molecule has 72 valence electrons. The minimum Gasteiger partial charge on any atom is -0.367 e. The summed E-state index contributed by atoms with van der Waals surface area (Å²) in [6.45, 7) is 0.475.